The van der Waals surface area contributed by atoms with E-state index in [0.29, 0.717) is 5.92 Å². The molecule has 0 aromatic carbocycles. The quantitative estimate of drug-likeness (QED) is 0.652. The highest BCUT2D eigenvalue weighted by atomic mass is 14.7. The molecule has 0 bridgehead atoms. The van der Waals surface area contributed by atoms with E-state index < -0.39 is 0 Å². The number of hydrogen-bond donors (Lipinski definition) is 0. The molecule has 1 heteroatoms. The largest absolute Gasteiger partial charge is 0.258 e. The van der Waals surface area contributed by atoms with E-state index in [1.165, 1.54) is 17.7 Å². The van der Waals surface area contributed by atoms with Crippen LogP contribution in [0.25, 0.3) is 0 Å². The first-order valence-electron chi connectivity index (χ1n) is 4.59. The molecular weight excluding hydrogens is 146 g/mol. The van der Waals surface area contributed by atoms with Gasteiger partial charge in [-0.05, 0) is 37.8 Å². The third kappa shape index (κ3) is 1.84. The lowest BCUT2D eigenvalue weighted by atomic mass is 9.97. The van der Waals surface area contributed by atoms with Gasteiger partial charge in [-0.3, -0.25) is 4.98 Å². The molecule has 12 heavy (non-hydrogen) atoms. The Balaban J connectivity index is 3.01. The van der Waals surface area contributed by atoms with Gasteiger partial charge in [-0.25, -0.2) is 0 Å². The summed E-state index contributed by atoms with van der Waals surface area (Å²) in [6.07, 6.45) is 1.19. The number of aryl methyl sites for hydroxylation is 2. The second-order valence-corrected chi connectivity index (χ2v) is 3.44. The Bertz CT molecular complexity index is 266. The van der Waals surface area contributed by atoms with Gasteiger partial charge in [0.15, 0.2) is 0 Å². The molecule has 0 aliphatic heterocycles. The van der Waals surface area contributed by atoms with Crippen molar-refractivity contribution in [2.75, 3.05) is 0 Å². The summed E-state index contributed by atoms with van der Waals surface area (Å²) in [6, 6.07) is 4.29. The van der Waals surface area contributed by atoms with Gasteiger partial charge in [0.1, 0.15) is 0 Å². The maximum absolute atomic E-state index is 4.44. The molecule has 0 spiro atoms. The number of nitrogens with zero attached hydrogens (tertiary/aromatic N) is 1. The van der Waals surface area contributed by atoms with Gasteiger partial charge in [-0.1, -0.05) is 19.9 Å². The normalized spacial score (nSPS) is 13.0. The van der Waals surface area contributed by atoms with Crippen molar-refractivity contribution in [1.82, 2.24) is 4.98 Å². The summed E-state index contributed by atoms with van der Waals surface area (Å²) in [4.78, 5) is 4.44. The van der Waals surface area contributed by atoms with E-state index in [2.05, 4.69) is 37.9 Å². The van der Waals surface area contributed by atoms with Gasteiger partial charge in [-0.15, -0.1) is 0 Å². The highest BCUT2D eigenvalue weighted by Gasteiger charge is 2.06. The molecule has 0 fully saturated rings. The van der Waals surface area contributed by atoms with Crippen molar-refractivity contribution in [3.63, 3.8) is 0 Å². The average Bonchev–Trinajstić information content (AvgIpc) is 2.03. The minimum Gasteiger partial charge on any atom is -0.258 e. The van der Waals surface area contributed by atoms with Crippen LogP contribution in [0.15, 0.2) is 12.1 Å². The van der Waals surface area contributed by atoms with Crippen molar-refractivity contribution >= 4 is 0 Å². The monoisotopic (exact) mass is 163 g/mol. The molecule has 0 saturated heterocycles. The van der Waals surface area contributed by atoms with E-state index in [0.717, 1.165) is 5.69 Å². The molecule has 1 rings (SSSR count). The van der Waals surface area contributed by atoms with Crippen LogP contribution in [0.5, 0.6) is 0 Å². The van der Waals surface area contributed by atoms with Crippen LogP contribution in [0, 0.1) is 13.8 Å². The second kappa shape index (κ2) is 3.70. The highest BCUT2D eigenvalue weighted by molar-refractivity contribution is 5.24. The summed E-state index contributed by atoms with van der Waals surface area (Å²) in [6.45, 7) is 8.59. The molecule has 1 heterocycles. The lowest BCUT2D eigenvalue weighted by Gasteiger charge is -2.11. The molecule has 1 unspecified atom stereocenters. The first-order valence-corrected chi connectivity index (χ1v) is 4.59. The minimum absolute atomic E-state index is 0.637. The van der Waals surface area contributed by atoms with Gasteiger partial charge in [0.25, 0.3) is 0 Å². The van der Waals surface area contributed by atoms with Crippen LogP contribution in [-0.2, 0) is 0 Å². The Morgan fingerprint density at radius 1 is 1.33 bits per heavy atom. The summed E-state index contributed by atoms with van der Waals surface area (Å²) in [5.74, 6) is 0.637. The summed E-state index contributed by atoms with van der Waals surface area (Å²) >= 11 is 0. The average molecular weight is 163 g/mol. The summed E-state index contributed by atoms with van der Waals surface area (Å²) in [7, 11) is 0. The van der Waals surface area contributed by atoms with E-state index in [1.54, 1.807) is 0 Å². The molecule has 1 atom stereocenters. The lowest BCUT2D eigenvalue weighted by Crippen LogP contribution is -1.98. The zero-order chi connectivity index (χ0) is 9.14. The molecule has 1 nitrogen and oxygen atoms in total. The fraction of sp³-hybridized carbons (Fsp3) is 0.545. The Morgan fingerprint density at radius 3 is 2.50 bits per heavy atom. The number of hydrogen-bond acceptors (Lipinski definition) is 1. The van der Waals surface area contributed by atoms with Crippen LogP contribution in [0.3, 0.4) is 0 Å². The minimum atomic E-state index is 0.637. The Kier molecular flexibility index (Phi) is 2.85. The molecule has 0 aliphatic carbocycles. The molecule has 1 aromatic rings. The van der Waals surface area contributed by atoms with E-state index in [1.807, 2.05) is 6.92 Å². The van der Waals surface area contributed by atoms with Crippen LogP contribution in [0.2, 0.25) is 0 Å². The van der Waals surface area contributed by atoms with Crippen LogP contribution in [0.4, 0.5) is 0 Å². The van der Waals surface area contributed by atoms with Gasteiger partial charge < -0.3 is 0 Å². The maximum Gasteiger partial charge on any atom is 0.0410 e. The lowest BCUT2D eigenvalue weighted by molar-refractivity contribution is 0.721. The molecule has 0 radical (unpaired) electrons. The smallest absolute Gasteiger partial charge is 0.0410 e. The van der Waals surface area contributed by atoms with Crippen LogP contribution >= 0.6 is 0 Å². The van der Waals surface area contributed by atoms with E-state index in [4.69, 9.17) is 0 Å². The standard InChI is InChI=1S/C11H17N/c1-5-8(2)11-7-6-9(3)12-10(11)4/h6-8H,5H2,1-4H3. The zero-order valence-corrected chi connectivity index (χ0v) is 8.39. The van der Waals surface area contributed by atoms with E-state index >= 15 is 0 Å². The van der Waals surface area contributed by atoms with Crippen molar-refractivity contribution in [2.24, 2.45) is 0 Å². The Labute approximate surface area is 74.8 Å². The van der Waals surface area contributed by atoms with Crippen molar-refractivity contribution in [1.29, 1.82) is 0 Å². The van der Waals surface area contributed by atoms with Gasteiger partial charge in [0, 0.05) is 11.4 Å². The fourth-order valence-electron chi connectivity index (χ4n) is 1.44. The topological polar surface area (TPSA) is 12.9 Å². The third-order valence-electron chi connectivity index (χ3n) is 2.41. The third-order valence-corrected chi connectivity index (χ3v) is 2.41. The number of aromatic nitrogens is 1. The first-order chi connectivity index (χ1) is 5.65. The Morgan fingerprint density at radius 2 is 2.00 bits per heavy atom. The maximum atomic E-state index is 4.44. The summed E-state index contributed by atoms with van der Waals surface area (Å²) in [5.41, 5.74) is 3.69. The predicted octanol–water partition coefficient (Wildman–Crippen LogP) is 3.21. The van der Waals surface area contributed by atoms with Crippen LogP contribution < -0.4 is 0 Å². The SMILES string of the molecule is CCC(C)c1ccc(C)nc1C. The summed E-state index contributed by atoms with van der Waals surface area (Å²) in [5, 5.41) is 0. The van der Waals surface area contributed by atoms with Crippen LogP contribution in [0.1, 0.15) is 43.1 Å². The zero-order valence-electron chi connectivity index (χ0n) is 8.39. The molecule has 0 N–H and O–H groups in total. The van der Waals surface area contributed by atoms with Crippen molar-refractivity contribution < 1.29 is 0 Å². The Hall–Kier alpha value is -0.850. The van der Waals surface area contributed by atoms with Crippen molar-refractivity contribution in [3.05, 3.63) is 29.1 Å². The van der Waals surface area contributed by atoms with Gasteiger partial charge >= 0.3 is 0 Å². The van der Waals surface area contributed by atoms with Crippen LogP contribution in [-0.4, -0.2) is 4.98 Å². The van der Waals surface area contributed by atoms with Gasteiger partial charge in [-0.2, -0.15) is 0 Å². The number of pyridine rings is 1. The first kappa shape index (κ1) is 9.24. The second-order valence-electron chi connectivity index (χ2n) is 3.44. The molecule has 66 valence electrons. The van der Waals surface area contributed by atoms with E-state index in [9.17, 15) is 0 Å². The predicted molar refractivity (Wildman–Crippen MR) is 52.4 cm³/mol. The van der Waals surface area contributed by atoms with Gasteiger partial charge in [0.2, 0.25) is 0 Å². The molecule has 0 saturated carbocycles. The fourth-order valence-corrected chi connectivity index (χ4v) is 1.44. The molecular formula is C11H17N. The molecule has 0 amide bonds. The highest BCUT2D eigenvalue weighted by Crippen LogP contribution is 2.20. The van der Waals surface area contributed by atoms with Gasteiger partial charge in [0.05, 0.1) is 0 Å². The van der Waals surface area contributed by atoms with Crippen molar-refractivity contribution in [2.45, 2.75) is 40.0 Å². The van der Waals surface area contributed by atoms with Crippen molar-refractivity contribution in [3.8, 4) is 0 Å². The summed E-state index contributed by atoms with van der Waals surface area (Å²) < 4.78 is 0. The molecule has 1 aromatic heterocycles. The van der Waals surface area contributed by atoms with E-state index in [-0.39, 0.29) is 0 Å². The molecule has 0 aliphatic rings. The number of rotatable bonds is 2.